The van der Waals surface area contributed by atoms with E-state index >= 15 is 0 Å². The van der Waals surface area contributed by atoms with Crippen LogP contribution in [0.1, 0.15) is 5.69 Å². The average Bonchev–Trinajstić information content (AvgIpc) is 2.48. The van der Waals surface area contributed by atoms with Crippen molar-refractivity contribution in [2.24, 2.45) is 10.9 Å². The van der Waals surface area contributed by atoms with Gasteiger partial charge in [0.2, 0.25) is 0 Å². The van der Waals surface area contributed by atoms with Crippen molar-refractivity contribution in [2.75, 3.05) is 0 Å². The molecule has 0 aliphatic heterocycles. The maximum absolute atomic E-state index is 10.6. The van der Waals surface area contributed by atoms with E-state index in [2.05, 4.69) is 15.1 Å². The van der Waals surface area contributed by atoms with E-state index < -0.39 is 4.92 Å². The lowest BCUT2D eigenvalue weighted by atomic mass is 10.3. The summed E-state index contributed by atoms with van der Waals surface area (Å²) in [5.74, 6) is -0.0732. The summed E-state index contributed by atoms with van der Waals surface area (Å²) >= 11 is 5.88. The van der Waals surface area contributed by atoms with Gasteiger partial charge in [0.1, 0.15) is 11.4 Å². The van der Waals surface area contributed by atoms with Crippen LogP contribution in [0.25, 0.3) is 0 Å². The van der Waals surface area contributed by atoms with Crippen molar-refractivity contribution in [3.05, 3.63) is 51.3 Å². The lowest BCUT2D eigenvalue weighted by molar-refractivity contribution is -0.384. The Kier molecular flexibility index (Phi) is 4.14. The maximum atomic E-state index is 10.6. The van der Waals surface area contributed by atoms with Gasteiger partial charge in [-0.2, -0.15) is 4.98 Å². The van der Waals surface area contributed by atoms with Gasteiger partial charge >= 0.3 is 6.01 Å². The Bertz CT molecular complexity index is 722. The number of oxime groups is 1. The molecule has 0 aliphatic rings. The van der Waals surface area contributed by atoms with E-state index in [-0.39, 0.29) is 34.0 Å². The first-order valence-electron chi connectivity index (χ1n) is 5.44. The first-order chi connectivity index (χ1) is 10.0. The Morgan fingerprint density at radius 1 is 1.48 bits per heavy atom. The summed E-state index contributed by atoms with van der Waals surface area (Å²) in [6, 6.07) is 5.01. The number of ether oxygens (including phenoxy) is 1. The summed E-state index contributed by atoms with van der Waals surface area (Å²) in [5.41, 5.74) is 5.38. The van der Waals surface area contributed by atoms with Gasteiger partial charge in [0.05, 0.1) is 9.95 Å². The molecule has 0 radical (unpaired) electrons. The minimum Gasteiger partial charge on any atom is -0.423 e. The van der Waals surface area contributed by atoms with Crippen LogP contribution in [0.3, 0.4) is 0 Å². The molecule has 0 spiro atoms. The highest BCUT2D eigenvalue weighted by molar-refractivity contribution is 6.32. The second-order valence-corrected chi connectivity index (χ2v) is 4.09. The van der Waals surface area contributed by atoms with Crippen LogP contribution in [-0.2, 0) is 0 Å². The minimum atomic E-state index is -0.578. The predicted octanol–water partition coefficient (Wildman–Crippen LogP) is 1.92. The van der Waals surface area contributed by atoms with Gasteiger partial charge in [-0.3, -0.25) is 10.1 Å². The standard InChI is InChI=1S/C11H8ClN5O4/c12-7-5-6(17(19)20)1-2-9(7)21-11-14-4-3-8(15-11)10(13)16-18/h1-5,18H,(H2,13,16). The van der Waals surface area contributed by atoms with Gasteiger partial charge in [-0.1, -0.05) is 16.8 Å². The van der Waals surface area contributed by atoms with Crippen molar-refractivity contribution < 1.29 is 14.9 Å². The third kappa shape index (κ3) is 3.34. The van der Waals surface area contributed by atoms with E-state index in [1.165, 1.54) is 24.4 Å². The molecule has 1 aromatic carbocycles. The SMILES string of the molecule is N/C(=N/O)c1ccnc(Oc2ccc([N+](=O)[O-])cc2Cl)n1. The van der Waals surface area contributed by atoms with Crippen LogP contribution in [0.4, 0.5) is 5.69 Å². The second kappa shape index (κ2) is 6.01. The van der Waals surface area contributed by atoms with Crippen LogP contribution < -0.4 is 10.5 Å². The summed E-state index contributed by atoms with van der Waals surface area (Å²) in [7, 11) is 0. The van der Waals surface area contributed by atoms with Crippen LogP contribution in [0.2, 0.25) is 5.02 Å². The molecule has 2 rings (SSSR count). The van der Waals surface area contributed by atoms with Gasteiger partial charge in [-0.25, -0.2) is 4.98 Å². The number of nitro benzene ring substituents is 1. The number of hydrogen-bond donors (Lipinski definition) is 2. The predicted molar refractivity (Wildman–Crippen MR) is 72.7 cm³/mol. The van der Waals surface area contributed by atoms with Gasteiger partial charge < -0.3 is 15.7 Å². The van der Waals surface area contributed by atoms with Gasteiger partial charge in [0.25, 0.3) is 5.69 Å². The number of aromatic nitrogens is 2. The summed E-state index contributed by atoms with van der Waals surface area (Å²) in [6.45, 7) is 0. The van der Waals surface area contributed by atoms with Crippen LogP contribution >= 0.6 is 11.6 Å². The van der Waals surface area contributed by atoms with Crippen LogP contribution in [-0.4, -0.2) is 25.9 Å². The fourth-order valence-corrected chi connectivity index (χ4v) is 1.58. The Hall–Kier alpha value is -2.94. The maximum Gasteiger partial charge on any atom is 0.322 e. The molecular formula is C11H8ClN5O4. The Morgan fingerprint density at radius 2 is 2.24 bits per heavy atom. The molecule has 21 heavy (non-hydrogen) atoms. The fourth-order valence-electron chi connectivity index (χ4n) is 1.37. The molecule has 1 aromatic heterocycles. The van der Waals surface area contributed by atoms with Crippen molar-refractivity contribution in [1.82, 2.24) is 9.97 Å². The molecule has 0 unspecified atom stereocenters. The third-order valence-electron chi connectivity index (χ3n) is 2.33. The molecule has 3 N–H and O–H groups in total. The van der Waals surface area contributed by atoms with Gasteiger partial charge in [0, 0.05) is 18.3 Å². The summed E-state index contributed by atoms with van der Waals surface area (Å²) in [4.78, 5) is 17.8. The molecule has 0 atom stereocenters. The van der Waals surface area contributed by atoms with Crippen molar-refractivity contribution in [3.63, 3.8) is 0 Å². The van der Waals surface area contributed by atoms with E-state index in [0.29, 0.717) is 0 Å². The molecule has 2 aromatic rings. The lowest BCUT2D eigenvalue weighted by Gasteiger charge is -2.06. The van der Waals surface area contributed by atoms with E-state index in [9.17, 15) is 10.1 Å². The number of nitrogens with zero attached hydrogens (tertiary/aromatic N) is 4. The normalized spacial score (nSPS) is 11.2. The smallest absolute Gasteiger partial charge is 0.322 e. The minimum absolute atomic E-state index is 0.0296. The molecule has 1 heterocycles. The number of benzene rings is 1. The van der Waals surface area contributed by atoms with E-state index in [1.54, 1.807) is 0 Å². The number of non-ortho nitro benzene ring substituents is 1. The fraction of sp³-hybridized carbons (Fsp3) is 0. The zero-order valence-corrected chi connectivity index (χ0v) is 11.1. The largest absolute Gasteiger partial charge is 0.423 e. The van der Waals surface area contributed by atoms with Crippen LogP contribution in [0.15, 0.2) is 35.6 Å². The Balaban J connectivity index is 2.28. The second-order valence-electron chi connectivity index (χ2n) is 3.68. The summed E-state index contributed by atoms with van der Waals surface area (Å²) in [6.07, 6.45) is 1.34. The number of rotatable bonds is 4. The first-order valence-corrected chi connectivity index (χ1v) is 5.82. The molecule has 108 valence electrons. The Morgan fingerprint density at radius 3 is 2.86 bits per heavy atom. The number of nitro groups is 1. The van der Waals surface area contributed by atoms with Crippen molar-refractivity contribution >= 4 is 23.1 Å². The van der Waals surface area contributed by atoms with Gasteiger partial charge in [0.15, 0.2) is 5.84 Å². The lowest BCUT2D eigenvalue weighted by Crippen LogP contribution is -2.15. The van der Waals surface area contributed by atoms with Crippen molar-refractivity contribution in [2.45, 2.75) is 0 Å². The zero-order chi connectivity index (χ0) is 15.4. The molecule has 0 saturated heterocycles. The number of halogens is 1. The van der Waals surface area contributed by atoms with Gasteiger partial charge in [-0.15, -0.1) is 0 Å². The highest BCUT2D eigenvalue weighted by Gasteiger charge is 2.12. The van der Waals surface area contributed by atoms with E-state index in [0.717, 1.165) is 6.07 Å². The molecule has 0 saturated carbocycles. The zero-order valence-electron chi connectivity index (χ0n) is 10.3. The molecule has 10 heteroatoms. The van der Waals surface area contributed by atoms with Crippen molar-refractivity contribution in [1.29, 1.82) is 0 Å². The molecular weight excluding hydrogens is 302 g/mol. The first kappa shape index (κ1) is 14.5. The van der Waals surface area contributed by atoms with Crippen LogP contribution in [0, 0.1) is 10.1 Å². The topological polar surface area (TPSA) is 137 Å². The van der Waals surface area contributed by atoms with Crippen LogP contribution in [0.5, 0.6) is 11.8 Å². The summed E-state index contributed by atoms with van der Waals surface area (Å²) < 4.78 is 5.31. The van der Waals surface area contributed by atoms with Gasteiger partial charge in [-0.05, 0) is 12.1 Å². The number of hydrogen-bond acceptors (Lipinski definition) is 7. The molecule has 0 bridgehead atoms. The van der Waals surface area contributed by atoms with E-state index in [1.807, 2.05) is 0 Å². The Labute approximate surface area is 122 Å². The summed E-state index contributed by atoms with van der Waals surface area (Å²) in [5, 5.41) is 22.0. The molecule has 9 nitrogen and oxygen atoms in total. The number of amidine groups is 1. The third-order valence-corrected chi connectivity index (χ3v) is 2.63. The highest BCUT2D eigenvalue weighted by atomic mass is 35.5. The highest BCUT2D eigenvalue weighted by Crippen LogP contribution is 2.31. The molecule has 0 fully saturated rings. The van der Waals surface area contributed by atoms with Crippen molar-refractivity contribution in [3.8, 4) is 11.8 Å². The monoisotopic (exact) mass is 309 g/mol. The average molecular weight is 310 g/mol. The number of nitrogens with two attached hydrogens (primary N) is 1. The molecule has 0 amide bonds. The quantitative estimate of drug-likeness (QED) is 0.289. The van der Waals surface area contributed by atoms with E-state index in [4.69, 9.17) is 27.3 Å². The molecule has 0 aliphatic carbocycles.